The van der Waals surface area contributed by atoms with E-state index in [1.807, 2.05) is 44.2 Å². The largest absolute Gasteiger partial charge is 0.496 e. The van der Waals surface area contributed by atoms with E-state index in [0.717, 1.165) is 42.3 Å². The summed E-state index contributed by atoms with van der Waals surface area (Å²) in [6.45, 7) is 8.59. The number of aliphatic imine (C=N–C) groups is 1. The van der Waals surface area contributed by atoms with Crippen molar-refractivity contribution in [2.24, 2.45) is 12.0 Å². The van der Waals surface area contributed by atoms with Crippen LogP contribution < -0.4 is 20.1 Å². The van der Waals surface area contributed by atoms with Crippen LogP contribution in [0.15, 0.2) is 46.2 Å². The number of rotatable bonds is 9. The molecule has 8 nitrogen and oxygen atoms in total. The lowest BCUT2D eigenvalue weighted by Crippen LogP contribution is -2.49. The van der Waals surface area contributed by atoms with Gasteiger partial charge in [0.1, 0.15) is 11.5 Å². The van der Waals surface area contributed by atoms with Gasteiger partial charge < -0.3 is 25.0 Å². The number of aryl methyl sites for hydroxylation is 1. The van der Waals surface area contributed by atoms with Gasteiger partial charge in [-0.3, -0.25) is 4.68 Å². The summed E-state index contributed by atoms with van der Waals surface area (Å²) in [4.78, 5) is 8.42. The van der Waals surface area contributed by atoms with E-state index in [1.165, 1.54) is 30.1 Å². The van der Waals surface area contributed by atoms with Crippen LogP contribution in [0.25, 0.3) is 0 Å². The lowest BCUT2D eigenvalue weighted by Gasteiger charge is -2.35. The van der Waals surface area contributed by atoms with Crippen molar-refractivity contribution in [2.75, 3.05) is 38.7 Å². The Labute approximate surface area is 205 Å². The molecule has 3 aliphatic heterocycles. The molecular formula is C25H34N6O2S. The highest BCUT2D eigenvalue weighted by molar-refractivity contribution is 8.04. The van der Waals surface area contributed by atoms with Gasteiger partial charge in [0.05, 0.1) is 25.6 Å². The van der Waals surface area contributed by atoms with Crippen LogP contribution in [0.4, 0.5) is 5.69 Å². The SMILES string of the molecule is COc1cc(OCCCN2CCC2)ccc1C1C2=C(C=NC(C)(Nc3cnn(C)c3)N2)SC1C. The summed E-state index contributed by atoms with van der Waals surface area (Å²) in [7, 11) is 3.64. The third kappa shape index (κ3) is 4.77. The molecule has 0 bridgehead atoms. The zero-order valence-electron chi connectivity index (χ0n) is 20.4. The minimum atomic E-state index is -0.655. The van der Waals surface area contributed by atoms with E-state index in [0.29, 0.717) is 5.25 Å². The van der Waals surface area contributed by atoms with E-state index in [4.69, 9.17) is 14.5 Å². The van der Waals surface area contributed by atoms with Crippen LogP contribution in [0.2, 0.25) is 0 Å². The predicted molar refractivity (Wildman–Crippen MR) is 138 cm³/mol. The third-order valence-electron chi connectivity index (χ3n) is 6.65. The summed E-state index contributed by atoms with van der Waals surface area (Å²) >= 11 is 1.85. The molecule has 9 heteroatoms. The van der Waals surface area contributed by atoms with Gasteiger partial charge in [-0.25, -0.2) is 4.99 Å². The molecule has 0 saturated carbocycles. The summed E-state index contributed by atoms with van der Waals surface area (Å²) in [6.07, 6.45) is 8.11. The minimum absolute atomic E-state index is 0.164. The number of allylic oxidation sites excluding steroid dienone is 2. The van der Waals surface area contributed by atoms with Crippen molar-refractivity contribution in [1.82, 2.24) is 20.0 Å². The second-order valence-corrected chi connectivity index (χ2v) is 10.8. The number of aromatic nitrogens is 2. The van der Waals surface area contributed by atoms with Gasteiger partial charge in [-0.1, -0.05) is 13.0 Å². The molecule has 2 aromatic rings. The first-order valence-electron chi connectivity index (χ1n) is 12.0. The highest BCUT2D eigenvalue weighted by Crippen LogP contribution is 2.50. The summed E-state index contributed by atoms with van der Waals surface area (Å²) in [5.41, 5.74) is 3.25. The maximum Gasteiger partial charge on any atom is 0.202 e. The lowest BCUT2D eigenvalue weighted by molar-refractivity contribution is 0.165. The highest BCUT2D eigenvalue weighted by atomic mass is 32.2. The second kappa shape index (κ2) is 9.54. The van der Waals surface area contributed by atoms with Gasteiger partial charge in [0, 0.05) is 59.4 Å². The van der Waals surface area contributed by atoms with Crippen molar-refractivity contribution in [3.05, 3.63) is 46.8 Å². The molecule has 0 amide bonds. The van der Waals surface area contributed by atoms with Gasteiger partial charge in [-0.15, -0.1) is 11.8 Å². The smallest absolute Gasteiger partial charge is 0.202 e. The molecule has 0 radical (unpaired) electrons. The Morgan fingerprint density at radius 2 is 2.18 bits per heavy atom. The number of methoxy groups -OCH3 is 1. The lowest BCUT2D eigenvalue weighted by atomic mass is 9.90. The molecule has 3 unspecified atom stereocenters. The van der Waals surface area contributed by atoms with Crippen LogP contribution in [0.3, 0.4) is 0 Å². The molecule has 3 atom stereocenters. The Bertz CT molecular complexity index is 1090. The summed E-state index contributed by atoms with van der Waals surface area (Å²) in [5, 5.41) is 11.8. The van der Waals surface area contributed by atoms with Gasteiger partial charge in [0.15, 0.2) is 0 Å². The van der Waals surface area contributed by atoms with Crippen LogP contribution in [-0.2, 0) is 7.05 Å². The quantitative estimate of drug-likeness (QED) is 0.527. The standard InChI is InChI=1S/C25H34N6O2S/c1-17-23(20-8-7-19(13-21(20)32-4)33-12-6-11-31-9-5-10-31)24-22(34-17)15-26-25(2,29-24)28-18-14-27-30(3)16-18/h7-8,13-17,23,28-29H,5-6,9-12H2,1-4H3. The molecule has 1 fully saturated rings. The first-order chi connectivity index (χ1) is 16.4. The normalized spacial score (nSPS) is 26.1. The average molecular weight is 483 g/mol. The zero-order valence-corrected chi connectivity index (χ0v) is 21.2. The topological polar surface area (TPSA) is 75.9 Å². The number of benzene rings is 1. The molecule has 4 heterocycles. The predicted octanol–water partition coefficient (Wildman–Crippen LogP) is 3.79. The zero-order chi connectivity index (χ0) is 23.7. The molecule has 0 spiro atoms. The molecule has 5 rings (SSSR count). The van der Waals surface area contributed by atoms with Gasteiger partial charge in [-0.05, 0) is 38.9 Å². The number of anilines is 1. The Kier molecular flexibility index (Phi) is 6.48. The Morgan fingerprint density at radius 1 is 1.32 bits per heavy atom. The van der Waals surface area contributed by atoms with Crippen LogP contribution in [-0.4, -0.2) is 65.3 Å². The van der Waals surface area contributed by atoms with Gasteiger partial charge in [0.25, 0.3) is 0 Å². The maximum absolute atomic E-state index is 6.04. The molecule has 2 N–H and O–H groups in total. The fourth-order valence-corrected chi connectivity index (χ4v) is 6.04. The summed E-state index contributed by atoms with van der Waals surface area (Å²) in [6, 6.07) is 6.25. The van der Waals surface area contributed by atoms with E-state index < -0.39 is 5.79 Å². The van der Waals surface area contributed by atoms with E-state index >= 15 is 0 Å². The Morgan fingerprint density at radius 3 is 2.88 bits per heavy atom. The maximum atomic E-state index is 6.04. The van der Waals surface area contributed by atoms with Crippen molar-refractivity contribution in [3.8, 4) is 11.5 Å². The van der Waals surface area contributed by atoms with Crippen molar-refractivity contribution >= 4 is 23.7 Å². The number of hydrogen-bond donors (Lipinski definition) is 2. The van der Waals surface area contributed by atoms with E-state index in [9.17, 15) is 0 Å². The molecule has 34 heavy (non-hydrogen) atoms. The van der Waals surface area contributed by atoms with E-state index in [1.54, 1.807) is 18.0 Å². The fraction of sp³-hybridized carbons (Fsp3) is 0.520. The van der Waals surface area contributed by atoms with Gasteiger partial charge in [-0.2, -0.15) is 5.10 Å². The first-order valence-corrected chi connectivity index (χ1v) is 12.9. The van der Waals surface area contributed by atoms with Crippen LogP contribution in [0.1, 0.15) is 38.2 Å². The number of hydrogen-bond acceptors (Lipinski definition) is 8. The Balaban J connectivity index is 1.30. The first kappa shape index (κ1) is 23.1. The van der Waals surface area contributed by atoms with Crippen LogP contribution in [0.5, 0.6) is 11.5 Å². The molecule has 0 aliphatic carbocycles. The van der Waals surface area contributed by atoms with Crippen molar-refractivity contribution < 1.29 is 9.47 Å². The monoisotopic (exact) mass is 482 g/mol. The van der Waals surface area contributed by atoms with Gasteiger partial charge in [0.2, 0.25) is 5.79 Å². The molecule has 1 saturated heterocycles. The van der Waals surface area contributed by atoms with Crippen molar-refractivity contribution in [2.45, 2.75) is 43.6 Å². The van der Waals surface area contributed by atoms with Gasteiger partial charge >= 0.3 is 0 Å². The van der Waals surface area contributed by atoms with Crippen molar-refractivity contribution in [1.29, 1.82) is 0 Å². The van der Waals surface area contributed by atoms with Crippen LogP contribution >= 0.6 is 11.8 Å². The van der Waals surface area contributed by atoms with Crippen molar-refractivity contribution in [3.63, 3.8) is 0 Å². The number of likely N-dealkylation sites (tertiary alicyclic amines) is 1. The molecule has 3 aliphatic rings. The van der Waals surface area contributed by atoms with E-state index in [2.05, 4.69) is 39.7 Å². The third-order valence-corrected chi connectivity index (χ3v) is 7.87. The number of ether oxygens (including phenoxy) is 2. The summed E-state index contributed by atoms with van der Waals surface area (Å²) < 4.78 is 13.7. The molecule has 182 valence electrons. The highest BCUT2D eigenvalue weighted by Gasteiger charge is 2.41. The molecular weight excluding hydrogens is 448 g/mol. The minimum Gasteiger partial charge on any atom is -0.496 e. The van der Waals surface area contributed by atoms with E-state index in [-0.39, 0.29) is 5.92 Å². The number of thioether (sulfide) groups is 1. The second-order valence-electron chi connectivity index (χ2n) is 9.36. The Hall–Kier alpha value is -2.65. The van der Waals surface area contributed by atoms with Crippen LogP contribution in [0, 0.1) is 0 Å². The number of nitrogens with zero attached hydrogens (tertiary/aromatic N) is 4. The summed E-state index contributed by atoms with van der Waals surface area (Å²) in [5.74, 6) is 1.23. The molecule has 1 aromatic heterocycles. The number of nitrogens with one attached hydrogen (secondary N) is 2. The molecule has 1 aromatic carbocycles. The average Bonchev–Trinajstić information content (AvgIpc) is 3.33. The fourth-order valence-electron chi connectivity index (χ4n) is 4.80.